The number of carbonyl (C=O) groups is 1. The summed E-state index contributed by atoms with van der Waals surface area (Å²) >= 11 is 3.48. The molecular formula is C16H22BrNO2. The standard InChI is InChI=1S/C16H22BrNO2/c1-11(13-8-9-15(20-2)14(17)10-13)18-16(19)12-6-4-3-5-7-12/h8-12H,3-7H2,1-2H3,(H,18,19). The monoisotopic (exact) mass is 339 g/mol. The third-order valence-electron chi connectivity index (χ3n) is 4.01. The molecule has 1 fully saturated rings. The first kappa shape index (κ1) is 15.4. The molecule has 0 bridgehead atoms. The minimum absolute atomic E-state index is 0.0200. The van der Waals surface area contributed by atoms with E-state index >= 15 is 0 Å². The van der Waals surface area contributed by atoms with Crippen LogP contribution >= 0.6 is 15.9 Å². The Kier molecular flexibility index (Phi) is 5.46. The summed E-state index contributed by atoms with van der Waals surface area (Å²) in [6.07, 6.45) is 5.70. The number of nitrogens with one attached hydrogen (secondary N) is 1. The van der Waals surface area contributed by atoms with Crippen LogP contribution in [0.15, 0.2) is 22.7 Å². The predicted molar refractivity (Wildman–Crippen MR) is 83.8 cm³/mol. The highest BCUT2D eigenvalue weighted by Crippen LogP contribution is 2.29. The minimum Gasteiger partial charge on any atom is -0.496 e. The highest BCUT2D eigenvalue weighted by Gasteiger charge is 2.22. The molecule has 1 aliphatic rings. The maximum Gasteiger partial charge on any atom is 0.223 e. The Bertz CT molecular complexity index is 470. The van der Waals surface area contributed by atoms with Crippen molar-refractivity contribution in [2.24, 2.45) is 5.92 Å². The van der Waals surface area contributed by atoms with E-state index in [4.69, 9.17) is 4.74 Å². The van der Waals surface area contributed by atoms with Crippen molar-refractivity contribution in [1.82, 2.24) is 5.32 Å². The van der Waals surface area contributed by atoms with E-state index in [0.29, 0.717) is 0 Å². The number of carbonyl (C=O) groups excluding carboxylic acids is 1. The van der Waals surface area contributed by atoms with Crippen molar-refractivity contribution in [3.05, 3.63) is 28.2 Å². The number of benzene rings is 1. The van der Waals surface area contributed by atoms with Crippen molar-refractivity contribution >= 4 is 21.8 Å². The Labute approximate surface area is 129 Å². The molecule has 1 N–H and O–H groups in total. The maximum absolute atomic E-state index is 12.2. The molecule has 110 valence electrons. The topological polar surface area (TPSA) is 38.3 Å². The Morgan fingerprint density at radius 2 is 2.05 bits per heavy atom. The Morgan fingerprint density at radius 3 is 2.65 bits per heavy atom. The van der Waals surface area contributed by atoms with Crippen LogP contribution in [0.4, 0.5) is 0 Å². The molecule has 1 atom stereocenters. The summed E-state index contributed by atoms with van der Waals surface area (Å²) in [7, 11) is 1.65. The van der Waals surface area contributed by atoms with Gasteiger partial charge in [-0.05, 0) is 53.4 Å². The highest BCUT2D eigenvalue weighted by atomic mass is 79.9. The summed E-state index contributed by atoms with van der Waals surface area (Å²) in [5.41, 5.74) is 1.09. The van der Waals surface area contributed by atoms with E-state index in [1.807, 2.05) is 25.1 Å². The molecule has 0 spiro atoms. The highest BCUT2D eigenvalue weighted by molar-refractivity contribution is 9.10. The Balaban J connectivity index is 1.98. The van der Waals surface area contributed by atoms with Gasteiger partial charge in [-0.25, -0.2) is 0 Å². The SMILES string of the molecule is COc1ccc(C(C)NC(=O)C2CCCCC2)cc1Br. The maximum atomic E-state index is 12.2. The van der Waals surface area contributed by atoms with Crippen molar-refractivity contribution in [1.29, 1.82) is 0 Å². The molecule has 1 aromatic carbocycles. The van der Waals surface area contributed by atoms with Gasteiger partial charge in [0.15, 0.2) is 0 Å². The first-order valence-corrected chi connectivity index (χ1v) is 8.05. The Hall–Kier alpha value is -1.03. The van der Waals surface area contributed by atoms with Crippen LogP contribution in [0.1, 0.15) is 50.6 Å². The van der Waals surface area contributed by atoms with Gasteiger partial charge in [0.1, 0.15) is 5.75 Å². The van der Waals surface area contributed by atoms with Crippen molar-refractivity contribution < 1.29 is 9.53 Å². The quantitative estimate of drug-likeness (QED) is 0.891. The molecule has 0 radical (unpaired) electrons. The molecule has 20 heavy (non-hydrogen) atoms. The van der Waals surface area contributed by atoms with Crippen molar-refractivity contribution in [3.63, 3.8) is 0 Å². The molecule has 1 amide bonds. The molecule has 1 unspecified atom stereocenters. The van der Waals surface area contributed by atoms with E-state index in [1.165, 1.54) is 19.3 Å². The third-order valence-corrected chi connectivity index (χ3v) is 4.63. The van der Waals surface area contributed by atoms with Crippen molar-refractivity contribution in [2.75, 3.05) is 7.11 Å². The molecule has 0 aliphatic heterocycles. The van der Waals surface area contributed by atoms with Crippen LogP contribution < -0.4 is 10.1 Å². The fourth-order valence-corrected chi connectivity index (χ4v) is 3.29. The van der Waals surface area contributed by atoms with E-state index in [2.05, 4.69) is 21.2 Å². The van der Waals surface area contributed by atoms with Gasteiger partial charge in [0.25, 0.3) is 0 Å². The first-order chi connectivity index (χ1) is 9.61. The number of rotatable bonds is 4. The minimum atomic E-state index is 0.0200. The molecule has 1 aliphatic carbocycles. The summed E-state index contributed by atoms with van der Waals surface area (Å²) < 4.78 is 6.13. The lowest BCUT2D eigenvalue weighted by molar-refractivity contribution is -0.126. The summed E-state index contributed by atoms with van der Waals surface area (Å²) in [6, 6.07) is 5.94. The molecule has 2 rings (SSSR count). The lowest BCUT2D eigenvalue weighted by Crippen LogP contribution is -2.33. The lowest BCUT2D eigenvalue weighted by atomic mass is 9.88. The first-order valence-electron chi connectivity index (χ1n) is 7.25. The van der Waals surface area contributed by atoms with Gasteiger partial charge in [0.2, 0.25) is 5.91 Å². The average molecular weight is 340 g/mol. The summed E-state index contributed by atoms with van der Waals surface area (Å²) in [4.78, 5) is 12.2. The summed E-state index contributed by atoms with van der Waals surface area (Å²) in [5.74, 6) is 1.21. The van der Waals surface area contributed by atoms with Gasteiger partial charge in [-0.3, -0.25) is 4.79 Å². The van der Waals surface area contributed by atoms with Crippen LogP contribution in [0.3, 0.4) is 0 Å². The Morgan fingerprint density at radius 1 is 1.35 bits per heavy atom. The van der Waals surface area contributed by atoms with E-state index in [0.717, 1.165) is 28.6 Å². The van der Waals surface area contributed by atoms with Crippen molar-refractivity contribution in [3.8, 4) is 5.75 Å². The number of hydrogen-bond acceptors (Lipinski definition) is 2. The number of halogens is 1. The van der Waals surface area contributed by atoms with Gasteiger partial charge in [-0.2, -0.15) is 0 Å². The van der Waals surface area contributed by atoms with Crippen LogP contribution in [0, 0.1) is 5.92 Å². The normalized spacial score (nSPS) is 17.6. The largest absolute Gasteiger partial charge is 0.496 e. The van der Waals surface area contributed by atoms with Gasteiger partial charge in [0.05, 0.1) is 17.6 Å². The number of hydrogen-bond donors (Lipinski definition) is 1. The van der Waals surface area contributed by atoms with Gasteiger partial charge >= 0.3 is 0 Å². The zero-order valence-electron chi connectivity index (χ0n) is 12.1. The fraction of sp³-hybridized carbons (Fsp3) is 0.562. The predicted octanol–water partition coefficient (Wildman–Crippen LogP) is 4.22. The van der Waals surface area contributed by atoms with Gasteiger partial charge in [0, 0.05) is 5.92 Å². The van der Waals surface area contributed by atoms with E-state index in [1.54, 1.807) is 7.11 Å². The van der Waals surface area contributed by atoms with Crippen LogP contribution in [-0.4, -0.2) is 13.0 Å². The second-order valence-corrected chi connectivity index (χ2v) is 6.31. The molecule has 4 heteroatoms. The molecule has 0 heterocycles. The lowest BCUT2D eigenvalue weighted by Gasteiger charge is -2.23. The second-order valence-electron chi connectivity index (χ2n) is 5.46. The van der Waals surface area contributed by atoms with E-state index < -0.39 is 0 Å². The van der Waals surface area contributed by atoms with Gasteiger partial charge in [-0.15, -0.1) is 0 Å². The van der Waals surface area contributed by atoms with E-state index in [-0.39, 0.29) is 17.9 Å². The summed E-state index contributed by atoms with van der Waals surface area (Å²) in [5, 5.41) is 3.13. The van der Waals surface area contributed by atoms with Gasteiger partial charge in [-0.1, -0.05) is 25.3 Å². The van der Waals surface area contributed by atoms with Crippen molar-refractivity contribution in [2.45, 2.75) is 45.1 Å². The molecule has 3 nitrogen and oxygen atoms in total. The molecule has 1 saturated carbocycles. The number of methoxy groups -OCH3 is 1. The zero-order valence-corrected chi connectivity index (χ0v) is 13.7. The van der Waals surface area contributed by atoms with Crippen LogP contribution in [0.5, 0.6) is 5.75 Å². The zero-order chi connectivity index (χ0) is 14.5. The third kappa shape index (κ3) is 3.75. The fourth-order valence-electron chi connectivity index (χ4n) is 2.73. The van der Waals surface area contributed by atoms with Crippen LogP contribution in [-0.2, 0) is 4.79 Å². The van der Waals surface area contributed by atoms with Crippen LogP contribution in [0.25, 0.3) is 0 Å². The molecular weight excluding hydrogens is 318 g/mol. The average Bonchev–Trinajstić information content (AvgIpc) is 2.48. The van der Waals surface area contributed by atoms with E-state index in [9.17, 15) is 4.79 Å². The smallest absolute Gasteiger partial charge is 0.223 e. The summed E-state index contributed by atoms with van der Waals surface area (Å²) in [6.45, 7) is 2.02. The molecule has 0 saturated heterocycles. The second kappa shape index (κ2) is 7.11. The van der Waals surface area contributed by atoms with Gasteiger partial charge < -0.3 is 10.1 Å². The van der Waals surface area contributed by atoms with Crippen LogP contribution in [0.2, 0.25) is 0 Å². The molecule has 1 aromatic rings. The molecule has 0 aromatic heterocycles. The number of amides is 1. The number of ether oxygens (including phenoxy) is 1.